The van der Waals surface area contributed by atoms with Crippen LogP contribution in [0.25, 0.3) is 0 Å². The molecule has 0 saturated heterocycles. The predicted molar refractivity (Wildman–Crippen MR) is 148 cm³/mol. The van der Waals surface area contributed by atoms with Crippen LogP contribution in [0, 0.1) is 0 Å². The second kappa shape index (κ2) is 17.5. The van der Waals surface area contributed by atoms with Crippen molar-refractivity contribution >= 4 is 45.1 Å². The summed E-state index contributed by atoms with van der Waals surface area (Å²) in [5, 5.41) is 0.420. The molecule has 6 heteroatoms. The Morgan fingerprint density at radius 2 is 0.794 bits per heavy atom. The number of unbranched alkanes of at least 4 members (excludes halogenated alkanes) is 11. The van der Waals surface area contributed by atoms with Gasteiger partial charge >= 0.3 is 0 Å². The van der Waals surface area contributed by atoms with Gasteiger partial charge in [0.25, 0.3) is 0 Å². The molecule has 2 aromatic carbocycles. The SMILES string of the molecule is Nc1ccccc1SC(=O)CCCCCCCCCCCCCCC(=O)Sc1ccccc1N. The van der Waals surface area contributed by atoms with Crippen molar-refractivity contribution in [1.29, 1.82) is 0 Å². The maximum absolute atomic E-state index is 12.1. The molecule has 0 unspecified atom stereocenters. The fraction of sp³-hybridized carbons (Fsp3) is 0.500. The Labute approximate surface area is 214 Å². The molecule has 2 aromatic rings. The average molecular weight is 501 g/mol. The van der Waals surface area contributed by atoms with E-state index in [9.17, 15) is 9.59 Å². The first-order valence-electron chi connectivity index (χ1n) is 12.7. The van der Waals surface area contributed by atoms with Gasteiger partial charge in [0.2, 0.25) is 0 Å². The monoisotopic (exact) mass is 500 g/mol. The summed E-state index contributed by atoms with van der Waals surface area (Å²) in [6.45, 7) is 0. The zero-order valence-corrected chi connectivity index (χ0v) is 21.9. The van der Waals surface area contributed by atoms with Crippen LogP contribution in [-0.2, 0) is 9.59 Å². The molecule has 0 heterocycles. The maximum atomic E-state index is 12.1. The zero-order chi connectivity index (χ0) is 24.4. The molecule has 34 heavy (non-hydrogen) atoms. The molecular formula is C28H40N2O2S2. The highest BCUT2D eigenvalue weighted by molar-refractivity contribution is 8.14. The lowest BCUT2D eigenvalue weighted by Gasteiger charge is -2.05. The van der Waals surface area contributed by atoms with Gasteiger partial charge in [-0.15, -0.1) is 0 Å². The molecule has 186 valence electrons. The lowest BCUT2D eigenvalue weighted by atomic mass is 10.0. The molecule has 0 aromatic heterocycles. The third kappa shape index (κ3) is 12.5. The first-order valence-corrected chi connectivity index (χ1v) is 14.3. The van der Waals surface area contributed by atoms with Gasteiger partial charge in [0.15, 0.2) is 10.2 Å². The summed E-state index contributed by atoms with van der Waals surface area (Å²) in [4.78, 5) is 25.9. The highest BCUT2D eigenvalue weighted by Gasteiger charge is 2.08. The quantitative estimate of drug-likeness (QED) is 0.129. The zero-order valence-electron chi connectivity index (χ0n) is 20.3. The summed E-state index contributed by atoms with van der Waals surface area (Å²) >= 11 is 2.54. The standard InChI is InChI=1S/C28H40N2O2S2/c29-23-17-13-15-19-25(23)33-27(31)21-11-9-7-5-3-1-2-4-6-8-10-12-22-28(32)34-26-20-16-14-18-24(26)30/h13-20H,1-12,21-22,29-30H2. The van der Waals surface area contributed by atoms with Gasteiger partial charge in [-0.3, -0.25) is 9.59 Å². The topological polar surface area (TPSA) is 86.2 Å². The fourth-order valence-electron chi connectivity index (χ4n) is 3.80. The van der Waals surface area contributed by atoms with Gasteiger partial charge in [-0.05, 0) is 60.6 Å². The van der Waals surface area contributed by atoms with E-state index >= 15 is 0 Å². The lowest BCUT2D eigenvalue weighted by molar-refractivity contribution is -0.111. The molecule has 0 aliphatic rings. The molecule has 0 atom stereocenters. The lowest BCUT2D eigenvalue weighted by Crippen LogP contribution is -1.94. The van der Waals surface area contributed by atoms with Crippen LogP contribution < -0.4 is 11.5 Å². The first kappa shape index (κ1) is 28.3. The minimum Gasteiger partial charge on any atom is -0.398 e. The van der Waals surface area contributed by atoms with Crippen LogP contribution in [0.5, 0.6) is 0 Å². The predicted octanol–water partition coefficient (Wildman–Crippen LogP) is 8.25. The minimum absolute atomic E-state index is 0.210. The van der Waals surface area contributed by atoms with Crippen molar-refractivity contribution in [2.45, 2.75) is 99.7 Å². The van der Waals surface area contributed by atoms with E-state index in [-0.39, 0.29) is 10.2 Å². The van der Waals surface area contributed by atoms with E-state index in [1.165, 1.54) is 74.9 Å². The Kier molecular flexibility index (Phi) is 14.6. The van der Waals surface area contributed by atoms with Crippen LogP contribution in [0.3, 0.4) is 0 Å². The van der Waals surface area contributed by atoms with Gasteiger partial charge in [0, 0.05) is 34.0 Å². The number of anilines is 2. The molecule has 2 rings (SSSR count). The van der Waals surface area contributed by atoms with E-state index in [1.807, 2.05) is 48.5 Å². The van der Waals surface area contributed by atoms with Gasteiger partial charge in [0.1, 0.15) is 0 Å². The highest BCUT2D eigenvalue weighted by atomic mass is 32.2. The molecule has 4 nitrogen and oxygen atoms in total. The summed E-state index contributed by atoms with van der Waals surface area (Å²) in [5.74, 6) is 0. The first-order chi connectivity index (χ1) is 16.6. The Balaban J connectivity index is 1.33. The third-order valence-electron chi connectivity index (χ3n) is 5.80. The second-order valence-electron chi connectivity index (χ2n) is 8.77. The van der Waals surface area contributed by atoms with Gasteiger partial charge in [-0.1, -0.05) is 88.5 Å². The van der Waals surface area contributed by atoms with Crippen LogP contribution >= 0.6 is 23.5 Å². The number of thioether (sulfide) groups is 2. The fourth-order valence-corrected chi connectivity index (χ4v) is 5.45. The summed E-state index contributed by atoms with van der Waals surface area (Å²) < 4.78 is 0. The Bertz CT molecular complexity index is 801. The number of benzene rings is 2. The maximum Gasteiger partial charge on any atom is 0.193 e. The van der Waals surface area contributed by atoms with E-state index < -0.39 is 0 Å². The number of carbonyl (C=O) groups is 2. The van der Waals surface area contributed by atoms with Crippen molar-refractivity contribution in [2.75, 3.05) is 11.5 Å². The smallest absolute Gasteiger partial charge is 0.193 e. The van der Waals surface area contributed by atoms with Crippen LogP contribution in [0.4, 0.5) is 11.4 Å². The van der Waals surface area contributed by atoms with Crippen molar-refractivity contribution in [3.63, 3.8) is 0 Å². The molecular weight excluding hydrogens is 460 g/mol. The molecule has 0 saturated carbocycles. The number of carbonyl (C=O) groups excluding carboxylic acids is 2. The van der Waals surface area contributed by atoms with E-state index in [1.54, 1.807) is 0 Å². The minimum atomic E-state index is 0.210. The van der Waals surface area contributed by atoms with Gasteiger partial charge < -0.3 is 11.5 Å². The number of nitrogen functional groups attached to an aromatic ring is 2. The van der Waals surface area contributed by atoms with Crippen LogP contribution in [-0.4, -0.2) is 10.2 Å². The third-order valence-corrected chi connectivity index (χ3v) is 7.84. The van der Waals surface area contributed by atoms with Crippen molar-refractivity contribution in [3.05, 3.63) is 48.5 Å². The van der Waals surface area contributed by atoms with Gasteiger partial charge in [-0.25, -0.2) is 0 Å². The number of nitrogens with two attached hydrogens (primary N) is 2. The number of para-hydroxylation sites is 2. The molecule has 0 spiro atoms. The normalized spacial score (nSPS) is 10.9. The Morgan fingerprint density at radius 3 is 1.12 bits per heavy atom. The molecule has 0 radical (unpaired) electrons. The van der Waals surface area contributed by atoms with E-state index in [0.29, 0.717) is 24.2 Å². The number of hydrogen-bond acceptors (Lipinski definition) is 6. The summed E-state index contributed by atoms with van der Waals surface area (Å²) in [6.07, 6.45) is 15.6. The van der Waals surface area contributed by atoms with E-state index in [2.05, 4.69) is 0 Å². The Hall–Kier alpha value is -1.92. The Morgan fingerprint density at radius 1 is 0.500 bits per heavy atom. The van der Waals surface area contributed by atoms with Crippen molar-refractivity contribution in [1.82, 2.24) is 0 Å². The molecule has 0 bridgehead atoms. The van der Waals surface area contributed by atoms with Crippen LogP contribution in [0.1, 0.15) is 89.9 Å². The van der Waals surface area contributed by atoms with Crippen molar-refractivity contribution in [3.8, 4) is 0 Å². The van der Waals surface area contributed by atoms with Gasteiger partial charge in [0.05, 0.1) is 0 Å². The summed E-state index contributed by atoms with van der Waals surface area (Å²) in [6, 6.07) is 15.1. The molecule has 4 N–H and O–H groups in total. The molecule has 0 aliphatic heterocycles. The van der Waals surface area contributed by atoms with Crippen LogP contribution in [0.2, 0.25) is 0 Å². The average Bonchev–Trinajstić information content (AvgIpc) is 2.82. The number of hydrogen-bond donors (Lipinski definition) is 2. The molecule has 0 amide bonds. The van der Waals surface area contributed by atoms with Crippen molar-refractivity contribution in [2.24, 2.45) is 0 Å². The summed E-state index contributed by atoms with van der Waals surface area (Å²) in [7, 11) is 0. The molecule has 0 aliphatic carbocycles. The van der Waals surface area contributed by atoms with Gasteiger partial charge in [-0.2, -0.15) is 0 Å². The second-order valence-corrected chi connectivity index (χ2v) is 11.0. The van der Waals surface area contributed by atoms with Crippen LogP contribution in [0.15, 0.2) is 58.3 Å². The van der Waals surface area contributed by atoms with Crippen molar-refractivity contribution < 1.29 is 9.59 Å². The largest absolute Gasteiger partial charge is 0.398 e. The highest BCUT2D eigenvalue weighted by Crippen LogP contribution is 2.28. The van der Waals surface area contributed by atoms with E-state index in [0.717, 1.165) is 35.5 Å². The number of rotatable bonds is 17. The molecule has 0 fully saturated rings. The summed E-state index contributed by atoms with van der Waals surface area (Å²) in [5.41, 5.74) is 13.1. The van der Waals surface area contributed by atoms with E-state index in [4.69, 9.17) is 11.5 Å².